The number of pyridine rings is 1. The number of anilines is 2. The highest BCUT2D eigenvalue weighted by atomic mass is 19.1. The van der Waals surface area contributed by atoms with Crippen molar-refractivity contribution in [2.24, 2.45) is 0 Å². The molecular formula is C21H14FN5O. The molecule has 136 valence electrons. The van der Waals surface area contributed by atoms with Crippen LogP contribution < -0.4 is 5.32 Å². The molecular weight excluding hydrogens is 357 g/mol. The molecule has 0 saturated carbocycles. The van der Waals surface area contributed by atoms with Gasteiger partial charge in [0.15, 0.2) is 17.2 Å². The molecule has 0 aliphatic heterocycles. The summed E-state index contributed by atoms with van der Waals surface area (Å²) in [5.41, 5.74) is 2.51. The van der Waals surface area contributed by atoms with Crippen molar-refractivity contribution < 1.29 is 8.81 Å². The molecule has 1 N–H and O–H groups in total. The van der Waals surface area contributed by atoms with Crippen molar-refractivity contribution in [3.8, 4) is 0 Å². The number of para-hydroxylation sites is 1. The van der Waals surface area contributed by atoms with Gasteiger partial charge in [-0.2, -0.15) is 10.1 Å². The fourth-order valence-corrected chi connectivity index (χ4v) is 3.15. The highest BCUT2D eigenvalue weighted by Crippen LogP contribution is 2.28. The van der Waals surface area contributed by atoms with E-state index < -0.39 is 5.82 Å². The summed E-state index contributed by atoms with van der Waals surface area (Å²) in [6.07, 6.45) is 4.16. The maximum absolute atomic E-state index is 13.9. The van der Waals surface area contributed by atoms with Gasteiger partial charge < -0.3 is 4.42 Å². The van der Waals surface area contributed by atoms with Crippen molar-refractivity contribution in [1.82, 2.24) is 20.2 Å². The number of benzene rings is 2. The third kappa shape index (κ3) is 2.92. The minimum Gasteiger partial charge on any atom is -0.423 e. The monoisotopic (exact) mass is 371 g/mol. The van der Waals surface area contributed by atoms with Gasteiger partial charge in [0.25, 0.3) is 0 Å². The molecule has 0 saturated heterocycles. The van der Waals surface area contributed by atoms with Gasteiger partial charge in [-0.15, -0.1) is 5.10 Å². The second kappa shape index (κ2) is 6.70. The Hall–Kier alpha value is -3.87. The van der Waals surface area contributed by atoms with E-state index in [1.807, 2.05) is 36.4 Å². The van der Waals surface area contributed by atoms with Crippen LogP contribution in [0.2, 0.25) is 0 Å². The third-order valence-corrected chi connectivity index (χ3v) is 4.48. The van der Waals surface area contributed by atoms with E-state index in [9.17, 15) is 4.39 Å². The summed E-state index contributed by atoms with van der Waals surface area (Å²) in [4.78, 5) is 8.22. The van der Waals surface area contributed by atoms with Crippen LogP contribution in [0, 0.1) is 5.82 Å². The predicted octanol–water partition coefficient (Wildman–Crippen LogP) is 4.64. The molecule has 0 bridgehead atoms. The number of oxazole rings is 1. The molecule has 28 heavy (non-hydrogen) atoms. The van der Waals surface area contributed by atoms with Gasteiger partial charge in [0.2, 0.25) is 0 Å². The lowest BCUT2D eigenvalue weighted by Crippen LogP contribution is -2.02. The Balaban J connectivity index is 1.55. The number of nitrogens with zero attached hydrogens (tertiary/aromatic N) is 4. The van der Waals surface area contributed by atoms with Crippen LogP contribution in [-0.2, 0) is 6.42 Å². The standard InChI is InChI=1S/C21H14FN5O/c22-16-6-3-7-18-19(16)24-21(28-18)25-20-15-5-2-1-4-14(15)17(26-27-20)12-13-8-10-23-11-9-13/h1-11H,12H2,(H,24,25,27). The zero-order valence-electron chi connectivity index (χ0n) is 14.6. The van der Waals surface area contributed by atoms with E-state index in [-0.39, 0.29) is 11.5 Å². The smallest absolute Gasteiger partial charge is 0.301 e. The molecule has 5 aromatic rings. The van der Waals surface area contributed by atoms with Gasteiger partial charge >= 0.3 is 6.01 Å². The zero-order valence-corrected chi connectivity index (χ0v) is 14.6. The second-order valence-corrected chi connectivity index (χ2v) is 6.30. The van der Waals surface area contributed by atoms with Crippen LogP contribution in [0.15, 0.2) is 71.4 Å². The first-order chi connectivity index (χ1) is 13.8. The van der Waals surface area contributed by atoms with E-state index in [0.717, 1.165) is 22.0 Å². The molecule has 0 radical (unpaired) electrons. The van der Waals surface area contributed by atoms with E-state index in [2.05, 4.69) is 25.5 Å². The molecule has 0 aliphatic rings. The summed E-state index contributed by atoms with van der Waals surface area (Å²) in [7, 11) is 0. The van der Waals surface area contributed by atoms with Crippen molar-refractivity contribution >= 4 is 33.7 Å². The second-order valence-electron chi connectivity index (χ2n) is 6.30. The highest BCUT2D eigenvalue weighted by molar-refractivity contribution is 5.94. The third-order valence-electron chi connectivity index (χ3n) is 4.48. The van der Waals surface area contributed by atoms with Gasteiger partial charge in [-0.25, -0.2) is 4.39 Å². The fourth-order valence-electron chi connectivity index (χ4n) is 3.15. The van der Waals surface area contributed by atoms with Crippen LogP contribution in [-0.4, -0.2) is 20.2 Å². The largest absolute Gasteiger partial charge is 0.423 e. The molecule has 6 nitrogen and oxygen atoms in total. The number of halogens is 1. The average Bonchev–Trinajstić information content (AvgIpc) is 3.15. The van der Waals surface area contributed by atoms with Crippen LogP contribution in [0.5, 0.6) is 0 Å². The first-order valence-corrected chi connectivity index (χ1v) is 8.73. The molecule has 0 unspecified atom stereocenters. The van der Waals surface area contributed by atoms with Crippen molar-refractivity contribution in [1.29, 1.82) is 0 Å². The van der Waals surface area contributed by atoms with Crippen LogP contribution in [0.25, 0.3) is 21.9 Å². The molecule has 7 heteroatoms. The number of fused-ring (bicyclic) bond motifs is 2. The molecule has 0 atom stereocenters. The fraction of sp³-hybridized carbons (Fsp3) is 0.0476. The SMILES string of the molecule is Fc1cccc2oc(Nc3nnc(Cc4ccncc4)c4ccccc34)nc12. The molecule has 0 fully saturated rings. The summed E-state index contributed by atoms with van der Waals surface area (Å²) in [6, 6.07) is 16.5. The molecule has 0 amide bonds. The molecule has 0 aliphatic carbocycles. The number of aromatic nitrogens is 4. The van der Waals surface area contributed by atoms with Crippen molar-refractivity contribution in [2.45, 2.75) is 6.42 Å². The quantitative estimate of drug-likeness (QED) is 0.496. The van der Waals surface area contributed by atoms with Gasteiger partial charge in [0.05, 0.1) is 5.69 Å². The Morgan fingerprint density at radius 2 is 1.71 bits per heavy atom. The summed E-state index contributed by atoms with van der Waals surface area (Å²) in [5.74, 6) is 0.0685. The Labute approximate surface area is 159 Å². The minimum absolute atomic E-state index is 0.168. The van der Waals surface area contributed by atoms with Crippen molar-refractivity contribution in [3.05, 3.63) is 84.1 Å². The summed E-state index contributed by atoms with van der Waals surface area (Å²) in [6.45, 7) is 0. The van der Waals surface area contributed by atoms with Crippen molar-refractivity contribution in [2.75, 3.05) is 5.32 Å². The Morgan fingerprint density at radius 1 is 0.893 bits per heavy atom. The first kappa shape index (κ1) is 16.3. The number of nitrogens with one attached hydrogen (secondary N) is 1. The molecule has 2 aromatic carbocycles. The average molecular weight is 371 g/mol. The lowest BCUT2D eigenvalue weighted by molar-refractivity contribution is 0.619. The Bertz CT molecular complexity index is 1290. The van der Waals surface area contributed by atoms with Gasteiger partial charge in [-0.05, 0) is 29.8 Å². The lowest BCUT2D eigenvalue weighted by atomic mass is 10.1. The van der Waals surface area contributed by atoms with Crippen LogP contribution in [0.1, 0.15) is 11.3 Å². The molecule has 0 spiro atoms. The van der Waals surface area contributed by atoms with Crippen LogP contribution in [0.4, 0.5) is 16.2 Å². The first-order valence-electron chi connectivity index (χ1n) is 8.73. The minimum atomic E-state index is -0.432. The zero-order chi connectivity index (χ0) is 18.9. The number of hydrogen-bond acceptors (Lipinski definition) is 6. The number of rotatable bonds is 4. The van der Waals surface area contributed by atoms with E-state index in [1.54, 1.807) is 24.5 Å². The summed E-state index contributed by atoms with van der Waals surface area (Å²) < 4.78 is 19.5. The Kier molecular flexibility index (Phi) is 3.90. The van der Waals surface area contributed by atoms with Gasteiger partial charge in [-0.3, -0.25) is 10.3 Å². The van der Waals surface area contributed by atoms with Gasteiger partial charge in [0.1, 0.15) is 5.52 Å². The van der Waals surface area contributed by atoms with E-state index >= 15 is 0 Å². The molecule has 3 heterocycles. The van der Waals surface area contributed by atoms with Gasteiger partial charge in [-0.1, -0.05) is 30.3 Å². The van der Waals surface area contributed by atoms with E-state index in [4.69, 9.17) is 4.42 Å². The molecule has 5 rings (SSSR count). The number of hydrogen-bond donors (Lipinski definition) is 1. The maximum atomic E-state index is 13.9. The molecule has 3 aromatic heterocycles. The van der Waals surface area contributed by atoms with Crippen LogP contribution in [0.3, 0.4) is 0 Å². The summed E-state index contributed by atoms with van der Waals surface area (Å²) in [5, 5.41) is 13.6. The Morgan fingerprint density at radius 3 is 2.54 bits per heavy atom. The predicted molar refractivity (Wildman–Crippen MR) is 104 cm³/mol. The lowest BCUT2D eigenvalue weighted by Gasteiger charge is -2.09. The highest BCUT2D eigenvalue weighted by Gasteiger charge is 2.14. The van der Waals surface area contributed by atoms with Crippen LogP contribution >= 0.6 is 0 Å². The topological polar surface area (TPSA) is 76.7 Å². The van der Waals surface area contributed by atoms with Gasteiger partial charge in [0, 0.05) is 29.6 Å². The summed E-state index contributed by atoms with van der Waals surface area (Å²) >= 11 is 0. The maximum Gasteiger partial charge on any atom is 0.301 e. The van der Waals surface area contributed by atoms with Crippen molar-refractivity contribution in [3.63, 3.8) is 0 Å². The van der Waals surface area contributed by atoms with E-state index in [0.29, 0.717) is 17.8 Å². The normalized spacial score (nSPS) is 11.2. The van der Waals surface area contributed by atoms with E-state index in [1.165, 1.54) is 6.07 Å².